The zero-order chi connectivity index (χ0) is 18.1. The van der Waals surface area contributed by atoms with Gasteiger partial charge in [0.2, 0.25) is 0 Å². The summed E-state index contributed by atoms with van der Waals surface area (Å²) in [6.45, 7) is 2.85. The molecule has 0 unspecified atom stereocenters. The molecule has 132 valence electrons. The second kappa shape index (κ2) is 7.34. The molecule has 0 saturated carbocycles. The molecule has 0 saturated heterocycles. The molecule has 0 spiro atoms. The first-order valence-corrected chi connectivity index (χ1v) is 10.6. The van der Waals surface area contributed by atoms with Crippen LogP contribution in [0.2, 0.25) is 0 Å². The van der Waals surface area contributed by atoms with Crippen LogP contribution in [0.1, 0.15) is 12.6 Å². The van der Waals surface area contributed by atoms with Gasteiger partial charge in [-0.15, -0.1) is 21.5 Å². The van der Waals surface area contributed by atoms with E-state index in [0.29, 0.717) is 11.4 Å². The lowest BCUT2D eigenvalue weighted by atomic mass is 10.4. The first-order valence-electron chi connectivity index (χ1n) is 7.93. The number of pyridine rings is 1. The van der Waals surface area contributed by atoms with Crippen LogP contribution in [0.5, 0.6) is 0 Å². The summed E-state index contributed by atoms with van der Waals surface area (Å²) in [5, 5.41) is 11.5. The predicted octanol–water partition coefficient (Wildman–Crippen LogP) is 4.09. The highest BCUT2D eigenvalue weighted by atomic mass is 79.9. The van der Waals surface area contributed by atoms with E-state index in [4.69, 9.17) is 0 Å². The van der Waals surface area contributed by atoms with E-state index in [1.54, 1.807) is 23.6 Å². The molecule has 0 aromatic carbocycles. The Labute approximate surface area is 166 Å². The molecule has 6 nitrogen and oxygen atoms in total. The second-order valence-electron chi connectivity index (χ2n) is 5.48. The van der Waals surface area contributed by atoms with Crippen molar-refractivity contribution < 1.29 is 0 Å². The van der Waals surface area contributed by atoms with Gasteiger partial charge in [0, 0.05) is 29.0 Å². The minimum Gasteiger partial charge on any atom is -0.302 e. The third-order valence-corrected chi connectivity index (χ3v) is 6.14. The number of rotatable bonds is 5. The van der Waals surface area contributed by atoms with Crippen LogP contribution >= 0.6 is 39.0 Å². The van der Waals surface area contributed by atoms with Crippen molar-refractivity contribution >= 4 is 44.7 Å². The Morgan fingerprint density at radius 2 is 2.15 bits per heavy atom. The molecular weight excluding hydrogens is 434 g/mol. The Bertz CT molecular complexity index is 1120. The van der Waals surface area contributed by atoms with Crippen LogP contribution in [0.4, 0.5) is 0 Å². The lowest BCUT2D eigenvalue weighted by molar-refractivity contribution is 0.688. The van der Waals surface area contributed by atoms with Crippen LogP contribution in [0.25, 0.3) is 16.3 Å². The van der Waals surface area contributed by atoms with Crippen LogP contribution in [0.3, 0.4) is 0 Å². The molecule has 0 N–H and O–H groups in total. The van der Waals surface area contributed by atoms with Crippen LogP contribution in [0, 0.1) is 0 Å². The molecule has 0 aliphatic heterocycles. The van der Waals surface area contributed by atoms with Crippen molar-refractivity contribution in [3.05, 3.63) is 62.4 Å². The van der Waals surface area contributed by atoms with E-state index >= 15 is 0 Å². The largest absolute Gasteiger partial charge is 0.302 e. The van der Waals surface area contributed by atoms with Crippen molar-refractivity contribution in [2.45, 2.75) is 24.4 Å². The number of halogens is 1. The van der Waals surface area contributed by atoms with Crippen molar-refractivity contribution in [3.63, 3.8) is 0 Å². The smallest absolute Gasteiger partial charge is 0.258 e. The predicted molar refractivity (Wildman–Crippen MR) is 108 cm³/mol. The van der Waals surface area contributed by atoms with Gasteiger partial charge in [-0.05, 0) is 46.4 Å². The van der Waals surface area contributed by atoms with Gasteiger partial charge in [0.05, 0.1) is 10.6 Å². The molecule has 0 aliphatic carbocycles. The Balaban J connectivity index is 1.61. The number of thioether (sulfide) groups is 1. The summed E-state index contributed by atoms with van der Waals surface area (Å²) in [6.07, 6.45) is 1.72. The SMILES string of the molecule is CCn1c(SCc2cc(=O)n3cc(Br)ccc3n2)nnc1-c1cccs1. The molecular formula is C17H14BrN5OS2. The minimum atomic E-state index is -0.0943. The van der Waals surface area contributed by atoms with Gasteiger partial charge in [0.25, 0.3) is 5.56 Å². The van der Waals surface area contributed by atoms with Crippen LogP contribution in [-0.4, -0.2) is 24.1 Å². The Morgan fingerprint density at radius 1 is 1.27 bits per heavy atom. The highest BCUT2D eigenvalue weighted by Crippen LogP contribution is 2.28. The van der Waals surface area contributed by atoms with E-state index in [2.05, 4.69) is 42.6 Å². The minimum absolute atomic E-state index is 0.0943. The van der Waals surface area contributed by atoms with Crippen molar-refractivity contribution in [2.75, 3.05) is 0 Å². The van der Waals surface area contributed by atoms with E-state index in [9.17, 15) is 4.79 Å². The summed E-state index contributed by atoms with van der Waals surface area (Å²) in [5.41, 5.74) is 1.27. The third-order valence-electron chi connectivity index (χ3n) is 3.80. The summed E-state index contributed by atoms with van der Waals surface area (Å²) in [4.78, 5) is 18.0. The van der Waals surface area contributed by atoms with Crippen LogP contribution < -0.4 is 5.56 Å². The first kappa shape index (κ1) is 17.4. The first-order chi connectivity index (χ1) is 12.7. The molecule has 0 amide bonds. The van der Waals surface area contributed by atoms with E-state index in [1.807, 2.05) is 29.6 Å². The molecule has 0 radical (unpaired) electrons. The van der Waals surface area contributed by atoms with E-state index in [0.717, 1.165) is 32.6 Å². The number of fused-ring (bicyclic) bond motifs is 1. The number of aromatic nitrogens is 5. The maximum Gasteiger partial charge on any atom is 0.258 e. The summed E-state index contributed by atoms with van der Waals surface area (Å²) in [7, 11) is 0. The maximum absolute atomic E-state index is 12.3. The van der Waals surface area contributed by atoms with Gasteiger partial charge >= 0.3 is 0 Å². The van der Waals surface area contributed by atoms with Gasteiger partial charge in [-0.3, -0.25) is 9.20 Å². The van der Waals surface area contributed by atoms with Crippen molar-refractivity contribution in [2.24, 2.45) is 0 Å². The normalized spacial score (nSPS) is 11.3. The highest BCUT2D eigenvalue weighted by molar-refractivity contribution is 9.10. The molecule has 0 bridgehead atoms. The Morgan fingerprint density at radius 3 is 2.92 bits per heavy atom. The molecule has 0 atom stereocenters. The summed E-state index contributed by atoms with van der Waals surface area (Å²) >= 11 is 6.55. The summed E-state index contributed by atoms with van der Waals surface area (Å²) in [5.74, 6) is 1.44. The molecule has 0 fully saturated rings. The van der Waals surface area contributed by atoms with Gasteiger partial charge in [-0.25, -0.2) is 4.98 Å². The van der Waals surface area contributed by atoms with Gasteiger partial charge in [0.15, 0.2) is 11.0 Å². The monoisotopic (exact) mass is 447 g/mol. The van der Waals surface area contributed by atoms with Gasteiger partial charge in [-0.2, -0.15) is 0 Å². The number of hydrogen-bond donors (Lipinski definition) is 0. The average molecular weight is 448 g/mol. The van der Waals surface area contributed by atoms with E-state index in [-0.39, 0.29) is 5.56 Å². The molecule has 9 heteroatoms. The highest BCUT2D eigenvalue weighted by Gasteiger charge is 2.14. The third kappa shape index (κ3) is 3.34. The lowest BCUT2D eigenvalue weighted by Crippen LogP contribution is -2.15. The second-order valence-corrected chi connectivity index (χ2v) is 8.28. The van der Waals surface area contributed by atoms with Crippen LogP contribution in [-0.2, 0) is 12.3 Å². The van der Waals surface area contributed by atoms with Crippen molar-refractivity contribution in [1.82, 2.24) is 24.1 Å². The number of nitrogens with zero attached hydrogens (tertiary/aromatic N) is 5. The molecule has 26 heavy (non-hydrogen) atoms. The number of thiophene rings is 1. The fourth-order valence-electron chi connectivity index (χ4n) is 2.61. The maximum atomic E-state index is 12.3. The summed E-state index contributed by atoms with van der Waals surface area (Å²) in [6, 6.07) is 9.31. The zero-order valence-electron chi connectivity index (χ0n) is 13.8. The van der Waals surface area contributed by atoms with E-state index < -0.39 is 0 Å². The van der Waals surface area contributed by atoms with Gasteiger partial charge < -0.3 is 4.57 Å². The Hall–Kier alpha value is -1.97. The zero-order valence-corrected chi connectivity index (χ0v) is 17.0. The Kier molecular flexibility index (Phi) is 4.92. The molecule has 4 heterocycles. The average Bonchev–Trinajstić information content (AvgIpc) is 3.29. The van der Waals surface area contributed by atoms with Crippen molar-refractivity contribution in [3.8, 4) is 10.7 Å². The molecule has 4 rings (SSSR count). The van der Waals surface area contributed by atoms with Gasteiger partial charge in [-0.1, -0.05) is 17.8 Å². The number of hydrogen-bond acceptors (Lipinski definition) is 6. The molecule has 4 aromatic rings. The van der Waals surface area contributed by atoms with Crippen LogP contribution in [0.15, 0.2) is 56.3 Å². The summed E-state index contributed by atoms with van der Waals surface area (Å²) < 4.78 is 4.46. The van der Waals surface area contributed by atoms with E-state index in [1.165, 1.54) is 16.2 Å². The molecule has 4 aromatic heterocycles. The molecule has 0 aliphatic rings. The fourth-order valence-corrected chi connectivity index (χ4v) is 4.56. The topological polar surface area (TPSA) is 65.1 Å². The fraction of sp³-hybridized carbons (Fsp3) is 0.176. The lowest BCUT2D eigenvalue weighted by Gasteiger charge is -2.07. The van der Waals surface area contributed by atoms with Crippen molar-refractivity contribution in [1.29, 1.82) is 0 Å². The van der Waals surface area contributed by atoms with Gasteiger partial charge in [0.1, 0.15) is 5.65 Å². The standard InChI is InChI=1S/C17H14BrN5OS2/c1-2-22-16(13-4-3-7-25-13)20-21-17(22)26-10-12-8-15(24)23-9-11(18)5-6-14(23)19-12/h3-9H,2,10H2,1H3. The quantitative estimate of drug-likeness (QED) is 0.431.